The second-order valence-electron chi connectivity index (χ2n) is 12.3. The molecular formula is C31H38FN5O4Si. The summed E-state index contributed by atoms with van der Waals surface area (Å²) < 4.78 is 24.6. The first-order valence-corrected chi connectivity index (χ1v) is 17.7. The Hall–Kier alpha value is -3.41. The summed E-state index contributed by atoms with van der Waals surface area (Å²) in [6.07, 6.45) is 3.06. The van der Waals surface area contributed by atoms with Gasteiger partial charge in [0.05, 0.1) is 30.0 Å². The molecule has 3 aliphatic rings. The average molecular weight is 592 g/mol. The summed E-state index contributed by atoms with van der Waals surface area (Å²) in [5.74, 6) is -0.829. The maximum absolute atomic E-state index is 16.1. The minimum atomic E-state index is -3.31. The van der Waals surface area contributed by atoms with Crippen molar-refractivity contribution in [3.63, 3.8) is 0 Å². The van der Waals surface area contributed by atoms with Crippen LogP contribution in [0.2, 0.25) is 18.6 Å². The van der Waals surface area contributed by atoms with E-state index in [4.69, 9.17) is 4.74 Å². The van der Waals surface area contributed by atoms with Crippen molar-refractivity contribution in [2.45, 2.75) is 69.0 Å². The number of anilines is 2. The summed E-state index contributed by atoms with van der Waals surface area (Å²) in [4.78, 5) is 29.9. The van der Waals surface area contributed by atoms with Crippen LogP contribution in [0.1, 0.15) is 48.9 Å². The number of aliphatic hydroxyl groups excluding tert-OH is 1. The monoisotopic (exact) mass is 591 g/mol. The van der Waals surface area contributed by atoms with Crippen LogP contribution >= 0.6 is 0 Å². The number of hydrogen-bond donors (Lipinski definition) is 1. The first-order valence-electron chi connectivity index (χ1n) is 14.7. The number of carbonyl (C=O) groups is 2. The molecule has 5 atom stereocenters. The summed E-state index contributed by atoms with van der Waals surface area (Å²) in [5.41, 5.74) is 2.04. The second kappa shape index (κ2) is 10.7. The Kier molecular flexibility index (Phi) is 7.31. The highest BCUT2D eigenvalue weighted by molar-refractivity contribution is 6.72. The van der Waals surface area contributed by atoms with Gasteiger partial charge < -0.3 is 23.8 Å². The van der Waals surface area contributed by atoms with Crippen molar-refractivity contribution in [3.05, 3.63) is 71.5 Å². The Bertz CT molecular complexity index is 1490. The first-order chi connectivity index (χ1) is 20.1. The summed E-state index contributed by atoms with van der Waals surface area (Å²) in [7, 11) is -1.58. The number of carbonyl (C=O) groups excluding carboxylic acids is 2. The van der Waals surface area contributed by atoms with E-state index >= 15 is 4.11 Å². The van der Waals surface area contributed by atoms with Crippen LogP contribution in [0, 0.1) is 5.92 Å². The molecule has 6 rings (SSSR count). The molecule has 2 aromatic carbocycles. The number of rotatable bonds is 8. The lowest BCUT2D eigenvalue weighted by Crippen LogP contribution is -2.44. The van der Waals surface area contributed by atoms with Crippen molar-refractivity contribution in [3.8, 4) is 0 Å². The zero-order chi connectivity index (χ0) is 29.8. The highest BCUT2D eigenvalue weighted by Crippen LogP contribution is 2.60. The predicted molar refractivity (Wildman–Crippen MR) is 160 cm³/mol. The van der Waals surface area contributed by atoms with Gasteiger partial charge in [-0.05, 0) is 49.7 Å². The third kappa shape index (κ3) is 4.58. The molecule has 0 saturated carbocycles. The summed E-state index contributed by atoms with van der Waals surface area (Å²) in [5, 5.41) is 18.7. The van der Waals surface area contributed by atoms with Crippen LogP contribution in [-0.4, -0.2) is 66.6 Å². The van der Waals surface area contributed by atoms with E-state index in [1.54, 1.807) is 34.6 Å². The summed E-state index contributed by atoms with van der Waals surface area (Å²) in [6, 6.07) is 15.3. The molecule has 0 radical (unpaired) electrons. The Morgan fingerprint density at radius 1 is 1.19 bits per heavy atom. The fraction of sp³-hybridized carbons (Fsp3) is 0.484. The molecule has 3 aliphatic heterocycles. The Labute approximate surface area is 246 Å². The van der Waals surface area contributed by atoms with E-state index in [1.807, 2.05) is 61.7 Å². The van der Waals surface area contributed by atoms with Crippen LogP contribution < -0.4 is 9.80 Å². The smallest absolute Gasteiger partial charge is 0.264 e. The Morgan fingerprint density at radius 3 is 2.62 bits per heavy atom. The molecular weight excluding hydrogens is 553 g/mol. The molecule has 222 valence electrons. The van der Waals surface area contributed by atoms with Crippen molar-refractivity contribution in [2.75, 3.05) is 30.0 Å². The van der Waals surface area contributed by atoms with Crippen molar-refractivity contribution in [1.29, 1.82) is 0 Å². The van der Waals surface area contributed by atoms with Gasteiger partial charge in [0.15, 0.2) is 5.60 Å². The highest BCUT2D eigenvalue weighted by Gasteiger charge is 2.66. The van der Waals surface area contributed by atoms with E-state index in [-0.39, 0.29) is 24.3 Å². The molecule has 42 heavy (non-hydrogen) atoms. The molecule has 1 spiro atoms. The van der Waals surface area contributed by atoms with Crippen LogP contribution in [-0.2, 0) is 26.5 Å². The number of ether oxygens (including phenoxy) is 1. The van der Waals surface area contributed by atoms with E-state index in [1.165, 1.54) is 0 Å². The van der Waals surface area contributed by atoms with Crippen LogP contribution in [0.25, 0.3) is 0 Å². The number of aliphatic hydroxyl groups is 1. The largest absolute Gasteiger partial charge is 0.395 e. The zero-order valence-electron chi connectivity index (χ0n) is 24.5. The zero-order valence-corrected chi connectivity index (χ0v) is 25.5. The minimum Gasteiger partial charge on any atom is -0.395 e. The van der Waals surface area contributed by atoms with Gasteiger partial charge in [-0.15, -0.1) is 5.10 Å². The third-order valence-corrected chi connectivity index (χ3v) is 11.9. The number of amides is 2. The van der Waals surface area contributed by atoms with E-state index in [0.717, 1.165) is 23.4 Å². The second-order valence-corrected chi connectivity index (χ2v) is 16.1. The SMILES string of the molecule is C[C@@H]1[C@@H]([Si](C)(C)F)[C@H](CCn2cc(C(CO)c3ccccc3)nn2)O[C@@]12C(=O)N(C)c1ccc(N3CCCC3=O)cc12. The lowest BCUT2D eigenvalue weighted by atomic mass is 9.82. The molecule has 1 N–H and O–H groups in total. The van der Waals surface area contributed by atoms with Gasteiger partial charge in [-0.2, -0.15) is 0 Å². The van der Waals surface area contributed by atoms with E-state index in [0.29, 0.717) is 37.2 Å². The van der Waals surface area contributed by atoms with Gasteiger partial charge in [0.25, 0.3) is 5.91 Å². The van der Waals surface area contributed by atoms with Gasteiger partial charge in [0, 0.05) is 55.5 Å². The normalized spacial score (nSPS) is 26.5. The number of halogens is 1. The number of benzene rings is 2. The van der Waals surface area contributed by atoms with Gasteiger partial charge >= 0.3 is 0 Å². The van der Waals surface area contributed by atoms with Crippen LogP contribution in [0.5, 0.6) is 0 Å². The Balaban J connectivity index is 1.29. The fourth-order valence-corrected chi connectivity index (χ4v) is 9.94. The molecule has 9 nitrogen and oxygen atoms in total. The standard InChI is InChI=1S/C31H38FN5O4Si/c1-20-29(42(3,4)32)27(14-16-36-18-25(33-34-36)23(19-38)21-9-6-5-7-10-21)41-31(20)24-17-22(37-15-8-11-28(37)39)12-13-26(24)35(2)30(31)40/h5-7,9-10,12-13,17-18,20,23,27,29,38H,8,11,14-16,19H2,1-4H3/t20-,23?,27+,29-,31+/m1/s1. The minimum absolute atomic E-state index is 0.0676. The van der Waals surface area contributed by atoms with Gasteiger partial charge in [-0.3, -0.25) is 14.3 Å². The van der Waals surface area contributed by atoms with Gasteiger partial charge in [0.1, 0.15) is 0 Å². The number of nitrogens with zero attached hydrogens (tertiary/aromatic N) is 5. The van der Waals surface area contributed by atoms with E-state index < -0.39 is 31.6 Å². The van der Waals surface area contributed by atoms with Gasteiger partial charge in [0.2, 0.25) is 14.3 Å². The fourth-order valence-electron chi connectivity index (χ4n) is 7.40. The van der Waals surface area contributed by atoms with Crippen molar-refractivity contribution < 1.29 is 23.5 Å². The maximum Gasteiger partial charge on any atom is 0.264 e. The Morgan fingerprint density at radius 2 is 1.95 bits per heavy atom. The number of aromatic nitrogens is 3. The van der Waals surface area contributed by atoms with E-state index in [9.17, 15) is 14.7 Å². The lowest BCUT2D eigenvalue weighted by Gasteiger charge is -2.31. The lowest BCUT2D eigenvalue weighted by molar-refractivity contribution is -0.145. The quantitative estimate of drug-likeness (QED) is 0.309. The van der Waals surface area contributed by atoms with Crippen molar-refractivity contribution in [1.82, 2.24) is 15.0 Å². The van der Waals surface area contributed by atoms with Crippen LogP contribution in [0.3, 0.4) is 0 Å². The number of likely N-dealkylation sites (N-methyl/N-ethyl adjacent to an activating group) is 1. The van der Waals surface area contributed by atoms with Crippen LogP contribution in [0.4, 0.5) is 15.5 Å². The molecule has 2 fully saturated rings. The van der Waals surface area contributed by atoms with Crippen molar-refractivity contribution >= 4 is 31.6 Å². The molecule has 4 heterocycles. The van der Waals surface area contributed by atoms with Gasteiger partial charge in [-0.25, -0.2) is 0 Å². The first kappa shape index (κ1) is 28.7. The highest BCUT2D eigenvalue weighted by atomic mass is 28.4. The molecule has 2 saturated heterocycles. The molecule has 1 unspecified atom stereocenters. The topological polar surface area (TPSA) is 101 Å². The molecule has 2 amide bonds. The van der Waals surface area contributed by atoms with Crippen LogP contribution in [0.15, 0.2) is 54.7 Å². The third-order valence-electron chi connectivity index (χ3n) is 9.40. The summed E-state index contributed by atoms with van der Waals surface area (Å²) in [6.45, 7) is 6.28. The van der Waals surface area contributed by atoms with E-state index in [2.05, 4.69) is 10.3 Å². The maximum atomic E-state index is 16.1. The summed E-state index contributed by atoms with van der Waals surface area (Å²) >= 11 is 0. The molecule has 3 aromatic rings. The number of aryl methyl sites for hydroxylation is 1. The predicted octanol–water partition coefficient (Wildman–Crippen LogP) is 4.37. The average Bonchev–Trinajstić information content (AvgIpc) is 3.72. The molecule has 0 aliphatic carbocycles. The van der Waals surface area contributed by atoms with Gasteiger partial charge in [-0.1, -0.05) is 42.5 Å². The molecule has 1 aromatic heterocycles. The number of fused-ring (bicyclic) bond motifs is 2. The number of hydrogen-bond acceptors (Lipinski definition) is 6. The molecule has 0 bridgehead atoms. The molecule has 11 heteroatoms. The van der Waals surface area contributed by atoms with Crippen molar-refractivity contribution in [2.24, 2.45) is 5.92 Å².